The number of ketones is 2. The predicted molar refractivity (Wildman–Crippen MR) is 157 cm³/mol. The van der Waals surface area contributed by atoms with Gasteiger partial charge in [-0.05, 0) is 42.0 Å². The first-order valence-corrected chi connectivity index (χ1v) is 13.5. The molecule has 0 saturated heterocycles. The van der Waals surface area contributed by atoms with E-state index in [4.69, 9.17) is 4.74 Å². The van der Waals surface area contributed by atoms with Crippen LogP contribution in [0.1, 0.15) is 94.9 Å². The Labute approximate surface area is 235 Å². The van der Waals surface area contributed by atoms with Gasteiger partial charge < -0.3 is 15.2 Å². The lowest BCUT2D eigenvalue weighted by Crippen LogP contribution is -2.36. The molecule has 40 heavy (non-hydrogen) atoms. The molecule has 0 fully saturated rings. The van der Waals surface area contributed by atoms with Crippen LogP contribution >= 0.6 is 0 Å². The van der Waals surface area contributed by atoms with Gasteiger partial charge in [-0.1, -0.05) is 83.5 Å². The first-order valence-electron chi connectivity index (χ1n) is 13.5. The number of anilines is 1. The highest BCUT2D eigenvalue weighted by atomic mass is 16.5. The summed E-state index contributed by atoms with van der Waals surface area (Å²) in [6.45, 7) is 13.8. The van der Waals surface area contributed by atoms with Crippen LogP contribution in [0.5, 0.6) is 11.5 Å². The number of carbonyl (C=O) groups is 3. The number of para-hydroxylation sites is 1. The zero-order valence-electron chi connectivity index (χ0n) is 24.0. The second kappa shape index (κ2) is 9.47. The van der Waals surface area contributed by atoms with E-state index in [2.05, 4.69) is 5.32 Å². The van der Waals surface area contributed by atoms with Gasteiger partial charge in [-0.15, -0.1) is 0 Å². The van der Waals surface area contributed by atoms with E-state index in [1.165, 1.54) is 0 Å². The summed E-state index contributed by atoms with van der Waals surface area (Å²) in [6.07, 6.45) is 3.66. The van der Waals surface area contributed by atoms with Crippen molar-refractivity contribution in [3.8, 4) is 11.5 Å². The number of benzene rings is 3. The minimum absolute atomic E-state index is 0.186. The molecule has 3 aromatic carbocycles. The molecule has 0 radical (unpaired) electrons. The van der Waals surface area contributed by atoms with Crippen LogP contribution in [0.15, 0.2) is 54.6 Å². The molecule has 5 rings (SSSR count). The SMILES string of the molecule is Cc1ccc2c(c1)C(=O)C(C1C=Cc3cccc(OC(=O)c4cc(C(C)(C)C)c(O)c(C(C)(C)C)c4)c3N1)C2=O. The summed E-state index contributed by atoms with van der Waals surface area (Å²) in [5.41, 5.74) is 4.00. The normalized spacial score (nSPS) is 18.3. The average Bonchev–Trinajstić information content (AvgIpc) is 3.11. The number of ether oxygens (including phenoxy) is 1. The number of phenolic OH excluding ortho intramolecular Hbond substituents is 1. The van der Waals surface area contributed by atoms with Gasteiger partial charge in [0, 0.05) is 27.8 Å². The summed E-state index contributed by atoms with van der Waals surface area (Å²) >= 11 is 0. The number of rotatable bonds is 3. The van der Waals surface area contributed by atoms with Gasteiger partial charge in [0.15, 0.2) is 17.3 Å². The molecule has 0 saturated carbocycles. The summed E-state index contributed by atoms with van der Waals surface area (Å²) in [6, 6.07) is 13.5. The Morgan fingerprint density at radius 1 is 0.875 bits per heavy atom. The van der Waals surface area contributed by atoms with Crippen molar-refractivity contribution in [1.29, 1.82) is 0 Å². The van der Waals surface area contributed by atoms with Crippen LogP contribution in [0.25, 0.3) is 6.08 Å². The summed E-state index contributed by atoms with van der Waals surface area (Å²) < 4.78 is 5.93. The fourth-order valence-electron chi connectivity index (χ4n) is 5.45. The smallest absolute Gasteiger partial charge is 0.343 e. The molecule has 6 nitrogen and oxygen atoms in total. The Bertz CT molecular complexity index is 1560. The molecule has 206 valence electrons. The molecule has 1 aliphatic carbocycles. The van der Waals surface area contributed by atoms with Crippen LogP contribution in [-0.4, -0.2) is 28.7 Å². The van der Waals surface area contributed by atoms with E-state index < -0.39 is 28.8 Å². The molecular formula is C34H35NO5. The van der Waals surface area contributed by atoms with E-state index in [9.17, 15) is 19.5 Å². The van der Waals surface area contributed by atoms with Gasteiger partial charge in [-0.2, -0.15) is 0 Å². The summed E-state index contributed by atoms with van der Waals surface area (Å²) in [5.74, 6) is -1.40. The number of esters is 1. The Hall–Kier alpha value is -4.19. The lowest BCUT2D eigenvalue weighted by Gasteiger charge is -2.28. The molecule has 3 aromatic rings. The average molecular weight is 538 g/mol. The molecule has 0 spiro atoms. The molecule has 2 aliphatic rings. The van der Waals surface area contributed by atoms with Crippen molar-refractivity contribution in [3.05, 3.63) is 93.6 Å². The maximum atomic E-state index is 13.5. The van der Waals surface area contributed by atoms with Gasteiger partial charge >= 0.3 is 5.97 Å². The van der Waals surface area contributed by atoms with Crippen LogP contribution in [0, 0.1) is 12.8 Å². The number of phenols is 1. The number of hydrogen-bond acceptors (Lipinski definition) is 6. The number of Topliss-reactive ketones (excluding diaryl/α,β-unsaturated/α-hetero) is 2. The van der Waals surface area contributed by atoms with Crippen molar-refractivity contribution in [1.82, 2.24) is 0 Å². The maximum Gasteiger partial charge on any atom is 0.343 e. The monoisotopic (exact) mass is 537 g/mol. The molecule has 2 unspecified atom stereocenters. The Morgan fingerprint density at radius 2 is 1.50 bits per heavy atom. The third kappa shape index (κ3) is 4.72. The lowest BCUT2D eigenvalue weighted by atomic mass is 9.78. The molecule has 1 heterocycles. The third-order valence-electron chi connectivity index (χ3n) is 7.65. The predicted octanol–water partition coefficient (Wildman–Crippen LogP) is 7.02. The molecule has 1 aliphatic heterocycles. The van der Waals surface area contributed by atoms with Crippen LogP contribution in [-0.2, 0) is 10.8 Å². The van der Waals surface area contributed by atoms with Crippen molar-refractivity contribution in [2.75, 3.05) is 5.32 Å². The van der Waals surface area contributed by atoms with Gasteiger partial charge in [0.1, 0.15) is 11.7 Å². The zero-order chi connectivity index (χ0) is 29.1. The second-order valence-electron chi connectivity index (χ2n) is 12.8. The molecule has 6 heteroatoms. The summed E-state index contributed by atoms with van der Waals surface area (Å²) in [4.78, 5) is 40.0. The number of aromatic hydroxyl groups is 1. The van der Waals surface area contributed by atoms with Crippen molar-refractivity contribution in [3.63, 3.8) is 0 Å². The first kappa shape index (κ1) is 27.4. The molecule has 2 N–H and O–H groups in total. The number of fused-ring (bicyclic) bond motifs is 2. The van der Waals surface area contributed by atoms with Crippen LogP contribution < -0.4 is 10.1 Å². The zero-order valence-corrected chi connectivity index (χ0v) is 24.0. The quantitative estimate of drug-likeness (QED) is 0.212. The minimum Gasteiger partial charge on any atom is -0.507 e. The molecule has 0 aromatic heterocycles. The van der Waals surface area contributed by atoms with E-state index in [0.717, 1.165) is 11.1 Å². The van der Waals surface area contributed by atoms with Crippen molar-refractivity contribution >= 4 is 29.3 Å². The van der Waals surface area contributed by atoms with E-state index in [1.54, 1.807) is 36.4 Å². The van der Waals surface area contributed by atoms with Gasteiger partial charge in [0.25, 0.3) is 0 Å². The minimum atomic E-state index is -0.897. The van der Waals surface area contributed by atoms with Gasteiger partial charge in [-0.3, -0.25) is 9.59 Å². The van der Waals surface area contributed by atoms with Crippen LogP contribution in [0.4, 0.5) is 5.69 Å². The fourth-order valence-corrected chi connectivity index (χ4v) is 5.45. The number of carbonyl (C=O) groups excluding carboxylic acids is 3. The van der Waals surface area contributed by atoms with Gasteiger partial charge in [-0.25, -0.2) is 4.79 Å². The number of hydrogen-bond donors (Lipinski definition) is 2. The van der Waals surface area contributed by atoms with E-state index >= 15 is 0 Å². The van der Waals surface area contributed by atoms with E-state index in [-0.39, 0.29) is 17.3 Å². The van der Waals surface area contributed by atoms with Crippen molar-refractivity contribution in [2.24, 2.45) is 5.92 Å². The molecule has 0 bridgehead atoms. The third-order valence-corrected chi connectivity index (χ3v) is 7.65. The van der Waals surface area contributed by atoms with Crippen LogP contribution in [0.3, 0.4) is 0 Å². The Kier molecular flexibility index (Phi) is 6.48. The van der Waals surface area contributed by atoms with E-state index in [0.29, 0.717) is 39.3 Å². The Balaban J connectivity index is 1.47. The highest BCUT2D eigenvalue weighted by Crippen LogP contribution is 2.41. The van der Waals surface area contributed by atoms with E-state index in [1.807, 2.05) is 72.8 Å². The van der Waals surface area contributed by atoms with Crippen molar-refractivity contribution < 1.29 is 24.2 Å². The number of aryl methyl sites for hydroxylation is 1. The number of nitrogens with one attached hydrogen (secondary N) is 1. The highest BCUT2D eigenvalue weighted by molar-refractivity contribution is 6.27. The van der Waals surface area contributed by atoms with Gasteiger partial charge in [0.05, 0.1) is 17.3 Å². The summed E-state index contributed by atoms with van der Waals surface area (Å²) in [5, 5.41) is 14.4. The van der Waals surface area contributed by atoms with Crippen molar-refractivity contribution in [2.45, 2.75) is 65.3 Å². The topological polar surface area (TPSA) is 92.7 Å². The fraction of sp³-hybridized carbons (Fsp3) is 0.324. The second-order valence-corrected chi connectivity index (χ2v) is 12.8. The largest absolute Gasteiger partial charge is 0.507 e. The van der Waals surface area contributed by atoms with Crippen LogP contribution in [0.2, 0.25) is 0 Å². The Morgan fingerprint density at radius 3 is 2.12 bits per heavy atom. The molecule has 2 atom stereocenters. The maximum absolute atomic E-state index is 13.5. The highest BCUT2D eigenvalue weighted by Gasteiger charge is 2.43. The lowest BCUT2D eigenvalue weighted by molar-refractivity contribution is 0.0732. The molecule has 0 amide bonds. The summed E-state index contributed by atoms with van der Waals surface area (Å²) in [7, 11) is 0. The van der Waals surface area contributed by atoms with Gasteiger partial charge in [0.2, 0.25) is 0 Å². The first-order chi connectivity index (χ1) is 18.7. The standard InChI is InChI=1S/C34H35NO5/c1-18-11-13-21-22(15-18)30(37)27(29(21)36)25-14-12-19-9-8-10-26(28(19)35-25)40-32(39)20-16-23(33(2,3)4)31(38)24(17-20)34(5,6)7/h8-17,25,27,35,38H,1-7H3. The molecular weight excluding hydrogens is 502 g/mol.